The van der Waals surface area contributed by atoms with Crippen LogP contribution in [0.25, 0.3) is 11.0 Å². The predicted octanol–water partition coefficient (Wildman–Crippen LogP) is 5.13. The van der Waals surface area contributed by atoms with Crippen LogP contribution >= 0.6 is 0 Å². The lowest BCUT2D eigenvalue weighted by atomic mass is 10.00. The lowest BCUT2D eigenvalue weighted by Gasteiger charge is -2.08. The van der Waals surface area contributed by atoms with Crippen molar-refractivity contribution in [3.8, 4) is 5.75 Å². The van der Waals surface area contributed by atoms with Gasteiger partial charge < -0.3 is 9.52 Å². The highest BCUT2D eigenvalue weighted by Crippen LogP contribution is 2.28. The summed E-state index contributed by atoms with van der Waals surface area (Å²) in [5, 5.41) is 11.0. The van der Waals surface area contributed by atoms with Crippen LogP contribution in [0.1, 0.15) is 48.4 Å². The van der Waals surface area contributed by atoms with Gasteiger partial charge in [-0.15, -0.1) is 0 Å². The van der Waals surface area contributed by atoms with Crippen LogP contribution in [0, 0.1) is 6.92 Å². The first-order valence-electron chi connectivity index (χ1n) is 8.91. The van der Waals surface area contributed by atoms with Gasteiger partial charge in [-0.1, -0.05) is 44.0 Å². The molecule has 0 atom stereocenters. The number of rotatable bonds is 6. The van der Waals surface area contributed by atoms with Crippen LogP contribution in [0.3, 0.4) is 0 Å². The average Bonchev–Trinajstić information content (AvgIpc) is 2.58. The van der Waals surface area contributed by atoms with Gasteiger partial charge in [-0.3, -0.25) is 0 Å². The molecule has 0 saturated carbocycles. The van der Waals surface area contributed by atoms with Crippen molar-refractivity contribution in [1.29, 1.82) is 0 Å². The van der Waals surface area contributed by atoms with E-state index in [1.54, 1.807) is 12.1 Å². The second-order valence-corrected chi connectivity index (χ2v) is 6.65. The van der Waals surface area contributed by atoms with Gasteiger partial charge in [-0.05, 0) is 54.7 Å². The van der Waals surface area contributed by atoms with Crippen LogP contribution in [0.15, 0.2) is 51.7 Å². The highest BCUT2D eigenvalue weighted by atomic mass is 16.4. The van der Waals surface area contributed by atoms with Crippen molar-refractivity contribution in [2.75, 3.05) is 0 Å². The molecule has 0 aliphatic heterocycles. The minimum absolute atomic E-state index is 0.179. The van der Waals surface area contributed by atoms with E-state index in [-0.39, 0.29) is 11.4 Å². The fourth-order valence-corrected chi connectivity index (χ4v) is 3.16. The molecular formula is C22H24O3. The molecule has 0 saturated heterocycles. The first-order valence-corrected chi connectivity index (χ1v) is 8.91. The predicted molar refractivity (Wildman–Crippen MR) is 101 cm³/mol. The Hall–Kier alpha value is -2.55. The van der Waals surface area contributed by atoms with E-state index in [0.29, 0.717) is 23.0 Å². The van der Waals surface area contributed by atoms with Crippen LogP contribution in [-0.4, -0.2) is 5.11 Å². The van der Waals surface area contributed by atoms with Crippen molar-refractivity contribution in [3.05, 3.63) is 75.1 Å². The Labute approximate surface area is 147 Å². The molecule has 1 aromatic heterocycles. The van der Waals surface area contributed by atoms with Gasteiger partial charge in [0.2, 0.25) is 0 Å². The largest absolute Gasteiger partial charge is 0.507 e. The molecule has 25 heavy (non-hydrogen) atoms. The zero-order chi connectivity index (χ0) is 17.8. The highest BCUT2D eigenvalue weighted by molar-refractivity contribution is 5.84. The maximum Gasteiger partial charge on any atom is 0.339 e. The van der Waals surface area contributed by atoms with Crippen molar-refractivity contribution >= 4 is 11.0 Å². The number of benzene rings is 2. The SMILES string of the molecule is CCCCCc1cc(O)c2cc(Cc3ccccc3C)c(=O)oc2c1. The average molecular weight is 336 g/mol. The molecule has 0 aliphatic carbocycles. The lowest BCUT2D eigenvalue weighted by molar-refractivity contribution is 0.477. The third kappa shape index (κ3) is 3.93. The normalized spacial score (nSPS) is 11.1. The van der Waals surface area contributed by atoms with Gasteiger partial charge >= 0.3 is 5.63 Å². The maximum absolute atomic E-state index is 12.4. The Morgan fingerprint density at radius 2 is 1.84 bits per heavy atom. The summed E-state index contributed by atoms with van der Waals surface area (Å²) in [6.07, 6.45) is 4.75. The fraction of sp³-hybridized carbons (Fsp3) is 0.318. The van der Waals surface area contributed by atoms with Crippen molar-refractivity contribution in [2.24, 2.45) is 0 Å². The molecule has 0 amide bonds. The molecule has 3 rings (SSSR count). The maximum atomic E-state index is 12.4. The highest BCUT2D eigenvalue weighted by Gasteiger charge is 2.11. The minimum Gasteiger partial charge on any atom is -0.507 e. The van der Waals surface area contributed by atoms with E-state index in [2.05, 4.69) is 6.92 Å². The van der Waals surface area contributed by atoms with E-state index in [4.69, 9.17) is 4.42 Å². The van der Waals surface area contributed by atoms with E-state index >= 15 is 0 Å². The van der Waals surface area contributed by atoms with Crippen LogP contribution in [0.5, 0.6) is 5.75 Å². The quantitative estimate of drug-likeness (QED) is 0.501. The number of aromatic hydroxyl groups is 1. The van der Waals surface area contributed by atoms with Crippen LogP contribution < -0.4 is 5.63 Å². The van der Waals surface area contributed by atoms with Gasteiger partial charge in [0, 0.05) is 12.0 Å². The molecule has 0 radical (unpaired) electrons. The summed E-state index contributed by atoms with van der Waals surface area (Å²) in [5.74, 6) is 0.179. The first kappa shape index (κ1) is 17.3. The molecule has 3 heteroatoms. The van der Waals surface area contributed by atoms with Crippen molar-refractivity contribution in [2.45, 2.75) is 46.0 Å². The molecule has 0 bridgehead atoms. The summed E-state index contributed by atoms with van der Waals surface area (Å²) >= 11 is 0. The molecule has 3 aromatic rings. The number of hydrogen-bond donors (Lipinski definition) is 1. The van der Waals surface area contributed by atoms with E-state index in [0.717, 1.165) is 42.4 Å². The zero-order valence-corrected chi connectivity index (χ0v) is 14.8. The molecule has 3 nitrogen and oxygen atoms in total. The van der Waals surface area contributed by atoms with Crippen LogP contribution in [0.2, 0.25) is 0 Å². The minimum atomic E-state index is -0.333. The standard InChI is InChI=1S/C22H24O3/c1-3-4-5-9-16-11-20(23)19-14-18(22(24)25-21(19)12-16)13-17-10-7-6-8-15(17)2/h6-8,10-12,14,23H,3-5,9,13H2,1-2H3. The number of phenols is 1. The topological polar surface area (TPSA) is 50.4 Å². The van der Waals surface area contributed by atoms with Gasteiger partial charge in [-0.2, -0.15) is 0 Å². The van der Waals surface area contributed by atoms with Gasteiger partial charge in [0.25, 0.3) is 0 Å². The summed E-state index contributed by atoms with van der Waals surface area (Å²) < 4.78 is 5.52. The number of unbranched alkanes of at least 4 members (excludes halogenated alkanes) is 2. The van der Waals surface area contributed by atoms with Crippen LogP contribution in [0.4, 0.5) is 0 Å². The second kappa shape index (κ2) is 7.56. The summed E-state index contributed by atoms with van der Waals surface area (Å²) in [5.41, 5.74) is 3.93. The molecule has 0 unspecified atom stereocenters. The summed E-state index contributed by atoms with van der Waals surface area (Å²) in [6.45, 7) is 4.19. The molecule has 1 heterocycles. The summed E-state index contributed by atoms with van der Waals surface area (Å²) in [7, 11) is 0. The molecule has 2 aromatic carbocycles. The van der Waals surface area contributed by atoms with E-state index in [1.165, 1.54) is 0 Å². The molecular weight excluding hydrogens is 312 g/mol. The Kier molecular flexibility index (Phi) is 5.22. The van der Waals surface area contributed by atoms with Crippen molar-refractivity contribution in [3.63, 3.8) is 0 Å². The smallest absolute Gasteiger partial charge is 0.339 e. The number of fused-ring (bicyclic) bond motifs is 1. The Bertz CT molecular complexity index is 938. The third-order valence-electron chi connectivity index (χ3n) is 4.67. The van der Waals surface area contributed by atoms with Crippen LogP contribution in [-0.2, 0) is 12.8 Å². The number of phenolic OH excluding ortho intramolecular Hbond substituents is 1. The van der Waals surface area contributed by atoms with Crippen molar-refractivity contribution in [1.82, 2.24) is 0 Å². The van der Waals surface area contributed by atoms with Gasteiger partial charge in [0.15, 0.2) is 0 Å². The molecule has 0 spiro atoms. The third-order valence-corrected chi connectivity index (χ3v) is 4.67. The summed E-state index contributed by atoms with van der Waals surface area (Å²) in [4.78, 5) is 12.4. The fourth-order valence-electron chi connectivity index (χ4n) is 3.16. The van der Waals surface area contributed by atoms with E-state index < -0.39 is 0 Å². The molecule has 0 aliphatic rings. The second-order valence-electron chi connectivity index (χ2n) is 6.65. The number of hydrogen-bond acceptors (Lipinski definition) is 3. The molecule has 0 fully saturated rings. The first-order chi connectivity index (χ1) is 12.1. The monoisotopic (exact) mass is 336 g/mol. The Morgan fingerprint density at radius 1 is 1.04 bits per heavy atom. The van der Waals surface area contributed by atoms with Crippen molar-refractivity contribution < 1.29 is 9.52 Å². The van der Waals surface area contributed by atoms with E-state index in [1.807, 2.05) is 37.3 Å². The zero-order valence-electron chi connectivity index (χ0n) is 14.8. The molecule has 1 N–H and O–H groups in total. The molecule has 130 valence electrons. The van der Waals surface area contributed by atoms with Gasteiger partial charge in [-0.25, -0.2) is 4.79 Å². The Balaban J connectivity index is 1.96. The Morgan fingerprint density at radius 3 is 2.60 bits per heavy atom. The van der Waals surface area contributed by atoms with E-state index in [9.17, 15) is 9.90 Å². The summed E-state index contributed by atoms with van der Waals surface area (Å²) in [6, 6.07) is 13.4. The van der Waals surface area contributed by atoms with Gasteiger partial charge in [0.05, 0.1) is 5.39 Å². The number of aryl methyl sites for hydroxylation is 2. The van der Waals surface area contributed by atoms with Gasteiger partial charge in [0.1, 0.15) is 11.3 Å². The lowest BCUT2D eigenvalue weighted by Crippen LogP contribution is -2.08.